The van der Waals surface area contributed by atoms with Gasteiger partial charge in [0.2, 0.25) is 5.88 Å². The summed E-state index contributed by atoms with van der Waals surface area (Å²) >= 11 is 0. The van der Waals surface area contributed by atoms with Crippen LogP contribution in [0.5, 0.6) is 5.88 Å². The number of hydrogen-bond acceptors (Lipinski definition) is 6. The Labute approximate surface area is 233 Å². The van der Waals surface area contributed by atoms with Gasteiger partial charge in [0, 0.05) is 29.4 Å². The van der Waals surface area contributed by atoms with Gasteiger partial charge in [-0.1, -0.05) is 36.4 Å². The summed E-state index contributed by atoms with van der Waals surface area (Å²) in [6, 6.07) is 20.1. The minimum absolute atomic E-state index is 0.0392. The molecule has 2 aromatic carbocycles. The lowest BCUT2D eigenvalue weighted by molar-refractivity contribution is -0.117. The maximum absolute atomic E-state index is 14.3. The van der Waals surface area contributed by atoms with E-state index in [-0.39, 0.29) is 22.9 Å². The van der Waals surface area contributed by atoms with Crippen LogP contribution in [0.2, 0.25) is 0 Å². The van der Waals surface area contributed by atoms with E-state index in [1.165, 1.54) is 6.92 Å². The molecule has 8 heteroatoms. The van der Waals surface area contributed by atoms with E-state index in [1.54, 1.807) is 17.7 Å². The first kappa shape index (κ1) is 28.2. The number of aromatic nitrogens is 2. The SMILES string of the molecule is C=N/C(C)=C(/C(C)=N)C(=O)NC(C)c1cc2cccc(-c3ccnc(OC(C)C)c3)c2c(=O)n1-c1ccccc1. The van der Waals surface area contributed by atoms with E-state index >= 15 is 0 Å². The van der Waals surface area contributed by atoms with Crippen LogP contribution in [0.1, 0.15) is 46.4 Å². The molecule has 0 saturated carbocycles. The van der Waals surface area contributed by atoms with Crippen LogP contribution < -0.4 is 15.6 Å². The van der Waals surface area contributed by atoms with Gasteiger partial charge in [0.05, 0.1) is 28.8 Å². The van der Waals surface area contributed by atoms with Crippen LogP contribution >= 0.6 is 0 Å². The predicted molar refractivity (Wildman–Crippen MR) is 161 cm³/mol. The Balaban J connectivity index is 1.92. The third-order valence-corrected chi connectivity index (χ3v) is 6.48. The van der Waals surface area contributed by atoms with Gasteiger partial charge < -0.3 is 15.5 Å². The van der Waals surface area contributed by atoms with Crippen LogP contribution in [0.25, 0.3) is 27.6 Å². The van der Waals surface area contributed by atoms with Crippen molar-refractivity contribution in [2.75, 3.05) is 0 Å². The third-order valence-electron chi connectivity index (χ3n) is 6.48. The quantitative estimate of drug-likeness (QED) is 0.201. The van der Waals surface area contributed by atoms with Gasteiger partial charge in [0.1, 0.15) is 0 Å². The first-order chi connectivity index (χ1) is 19.1. The summed E-state index contributed by atoms with van der Waals surface area (Å²) in [4.78, 5) is 35.7. The Hall–Kier alpha value is -4.85. The van der Waals surface area contributed by atoms with Crippen LogP contribution in [0.3, 0.4) is 0 Å². The Morgan fingerprint density at radius 3 is 2.42 bits per heavy atom. The Morgan fingerprint density at radius 1 is 1.05 bits per heavy atom. The number of pyridine rings is 2. The van der Waals surface area contributed by atoms with Crippen LogP contribution in [-0.2, 0) is 4.79 Å². The summed E-state index contributed by atoms with van der Waals surface area (Å²) in [7, 11) is 0. The highest BCUT2D eigenvalue weighted by atomic mass is 16.5. The summed E-state index contributed by atoms with van der Waals surface area (Å²) in [6.07, 6.45) is 1.63. The first-order valence-corrected chi connectivity index (χ1v) is 13.0. The second kappa shape index (κ2) is 11.9. The number of fused-ring (bicyclic) bond motifs is 1. The molecule has 0 aliphatic heterocycles. The van der Waals surface area contributed by atoms with E-state index in [4.69, 9.17) is 10.1 Å². The van der Waals surface area contributed by atoms with E-state index in [1.807, 2.05) is 87.5 Å². The number of nitrogens with one attached hydrogen (secondary N) is 2. The number of rotatable bonds is 9. The highest BCUT2D eigenvalue weighted by Crippen LogP contribution is 2.30. The molecule has 8 nitrogen and oxygen atoms in total. The summed E-state index contributed by atoms with van der Waals surface area (Å²) in [5, 5.41) is 12.3. The molecule has 2 heterocycles. The van der Waals surface area contributed by atoms with Crippen molar-refractivity contribution in [3.8, 4) is 22.7 Å². The topological polar surface area (TPSA) is 109 Å². The van der Waals surface area contributed by atoms with Crippen molar-refractivity contribution in [1.82, 2.24) is 14.9 Å². The molecule has 204 valence electrons. The number of allylic oxidation sites excluding steroid dienone is 1. The van der Waals surface area contributed by atoms with E-state index < -0.39 is 11.9 Å². The summed E-state index contributed by atoms with van der Waals surface area (Å²) in [6.45, 7) is 12.3. The minimum Gasteiger partial charge on any atom is -0.475 e. The van der Waals surface area contributed by atoms with Crippen molar-refractivity contribution in [2.24, 2.45) is 4.99 Å². The van der Waals surface area contributed by atoms with Gasteiger partial charge in [-0.05, 0) is 82.1 Å². The third kappa shape index (κ3) is 5.76. The highest BCUT2D eigenvalue weighted by Gasteiger charge is 2.23. The molecule has 0 bridgehead atoms. The van der Waals surface area contributed by atoms with Crippen molar-refractivity contribution < 1.29 is 9.53 Å². The normalized spacial score (nSPS) is 12.6. The average Bonchev–Trinajstić information content (AvgIpc) is 2.92. The standard InChI is InChI=1S/C32H33N5O3/c1-19(2)40-28-18-23(15-16-35-28)26-14-10-11-24-17-27(21(4)36-31(38)29(20(3)33)22(5)34-6)37(32(39)30(24)26)25-12-8-7-9-13-25/h7-19,21,33H,6H2,1-5H3,(H,36,38)/b29-22-,33-20?. The number of nitrogens with zero attached hydrogens (tertiary/aromatic N) is 3. The van der Waals surface area contributed by atoms with Crippen molar-refractivity contribution >= 4 is 29.1 Å². The molecule has 2 aromatic heterocycles. The number of ether oxygens (including phenoxy) is 1. The van der Waals surface area contributed by atoms with Crippen LogP contribution in [-0.4, -0.2) is 34.0 Å². The average molecular weight is 536 g/mol. The molecule has 0 saturated heterocycles. The molecule has 2 N–H and O–H groups in total. The van der Waals surface area contributed by atoms with Crippen LogP contribution in [0.4, 0.5) is 0 Å². The lowest BCUT2D eigenvalue weighted by Gasteiger charge is -2.22. The molecule has 1 unspecified atom stereocenters. The highest BCUT2D eigenvalue weighted by molar-refractivity contribution is 6.20. The van der Waals surface area contributed by atoms with Crippen molar-refractivity contribution in [2.45, 2.75) is 46.8 Å². The maximum Gasteiger partial charge on any atom is 0.263 e. The molecule has 4 aromatic rings. The second-order valence-electron chi connectivity index (χ2n) is 9.80. The molecule has 0 aliphatic rings. The van der Waals surface area contributed by atoms with Gasteiger partial charge in [-0.3, -0.25) is 19.1 Å². The predicted octanol–water partition coefficient (Wildman–Crippen LogP) is 6.03. The Morgan fingerprint density at radius 2 is 1.77 bits per heavy atom. The second-order valence-corrected chi connectivity index (χ2v) is 9.80. The molecule has 0 fully saturated rings. The number of carbonyl (C=O) groups excluding carboxylic acids is 1. The molecule has 1 amide bonds. The van der Waals surface area contributed by atoms with Crippen LogP contribution in [0.15, 0.2) is 94.0 Å². The molecule has 0 radical (unpaired) electrons. The number of amides is 1. The fourth-order valence-corrected chi connectivity index (χ4v) is 4.70. The van der Waals surface area contributed by atoms with E-state index in [0.717, 1.165) is 16.5 Å². The monoisotopic (exact) mass is 535 g/mol. The zero-order valence-electron chi connectivity index (χ0n) is 23.4. The smallest absolute Gasteiger partial charge is 0.263 e. The maximum atomic E-state index is 14.3. The molecule has 40 heavy (non-hydrogen) atoms. The summed E-state index contributed by atoms with van der Waals surface area (Å²) in [5.41, 5.74) is 3.20. The Kier molecular flexibility index (Phi) is 8.38. The van der Waals surface area contributed by atoms with Gasteiger partial charge in [-0.25, -0.2) is 4.98 Å². The van der Waals surface area contributed by atoms with Crippen molar-refractivity contribution in [3.05, 3.63) is 100 Å². The zero-order chi connectivity index (χ0) is 29.0. The van der Waals surface area contributed by atoms with Gasteiger partial charge in [0.25, 0.3) is 11.5 Å². The molecular formula is C32H33N5O3. The number of carbonyl (C=O) groups is 1. The number of aliphatic imine (C=N–C) groups is 1. The Bertz CT molecular complexity index is 1690. The number of para-hydroxylation sites is 1. The fourth-order valence-electron chi connectivity index (χ4n) is 4.70. The minimum atomic E-state index is -0.576. The summed E-state index contributed by atoms with van der Waals surface area (Å²) in [5.74, 6) is 0.0239. The van der Waals surface area contributed by atoms with E-state index in [9.17, 15) is 9.59 Å². The lowest BCUT2D eigenvalue weighted by Crippen LogP contribution is -2.34. The van der Waals surface area contributed by atoms with E-state index in [0.29, 0.717) is 28.3 Å². The van der Waals surface area contributed by atoms with E-state index in [2.05, 4.69) is 22.0 Å². The van der Waals surface area contributed by atoms with Crippen LogP contribution in [0, 0.1) is 5.41 Å². The first-order valence-electron chi connectivity index (χ1n) is 13.0. The summed E-state index contributed by atoms with van der Waals surface area (Å²) < 4.78 is 7.42. The molecular weight excluding hydrogens is 502 g/mol. The molecule has 0 spiro atoms. The zero-order valence-corrected chi connectivity index (χ0v) is 23.4. The number of benzene rings is 2. The largest absolute Gasteiger partial charge is 0.475 e. The molecule has 4 rings (SSSR count). The molecule has 0 aliphatic carbocycles. The van der Waals surface area contributed by atoms with Gasteiger partial charge in [0.15, 0.2) is 0 Å². The molecule has 1 atom stereocenters. The van der Waals surface area contributed by atoms with Crippen molar-refractivity contribution in [3.63, 3.8) is 0 Å². The number of hydrogen-bond donors (Lipinski definition) is 2. The fraction of sp³-hybridized carbons (Fsp3) is 0.219. The lowest BCUT2D eigenvalue weighted by atomic mass is 9.98. The van der Waals surface area contributed by atoms with Gasteiger partial charge in [-0.15, -0.1) is 0 Å². The van der Waals surface area contributed by atoms with Crippen molar-refractivity contribution in [1.29, 1.82) is 5.41 Å². The van der Waals surface area contributed by atoms with Gasteiger partial charge >= 0.3 is 0 Å². The van der Waals surface area contributed by atoms with Gasteiger partial charge in [-0.2, -0.15) is 0 Å².